The molecule has 23 heavy (non-hydrogen) atoms. The molecule has 1 aromatic heterocycles. The van der Waals surface area contributed by atoms with E-state index in [1.165, 1.54) is 7.11 Å². The van der Waals surface area contributed by atoms with E-state index in [1.807, 2.05) is 0 Å². The fourth-order valence-corrected chi connectivity index (χ4v) is 2.44. The molecule has 0 radical (unpaired) electrons. The van der Waals surface area contributed by atoms with Gasteiger partial charge in [-0.2, -0.15) is 0 Å². The molecule has 1 amide bonds. The summed E-state index contributed by atoms with van der Waals surface area (Å²) in [6.45, 7) is 3.41. The highest BCUT2D eigenvalue weighted by atomic mass is 35.5. The first kappa shape index (κ1) is 17.4. The number of benzene rings is 1. The van der Waals surface area contributed by atoms with E-state index < -0.39 is 5.60 Å². The van der Waals surface area contributed by atoms with Crippen molar-refractivity contribution >= 4 is 17.5 Å². The molecule has 2 aromatic rings. The van der Waals surface area contributed by atoms with E-state index in [0.717, 1.165) is 0 Å². The molecule has 1 aromatic carbocycles. The van der Waals surface area contributed by atoms with Gasteiger partial charge in [0, 0.05) is 10.6 Å². The molecule has 124 valence electrons. The van der Waals surface area contributed by atoms with Crippen LogP contribution in [0.3, 0.4) is 0 Å². The quantitative estimate of drug-likeness (QED) is 0.850. The molecule has 0 unspecified atom stereocenters. The number of amides is 1. The predicted octanol–water partition coefficient (Wildman–Crippen LogP) is 2.82. The maximum absolute atomic E-state index is 12.1. The first-order valence-corrected chi connectivity index (χ1v) is 7.58. The molecule has 0 fully saturated rings. The van der Waals surface area contributed by atoms with Gasteiger partial charge < -0.3 is 19.6 Å². The van der Waals surface area contributed by atoms with Gasteiger partial charge in [-0.05, 0) is 38.1 Å². The number of nitrogens with one attached hydrogen (secondary N) is 1. The Bertz CT molecular complexity index is 694. The summed E-state index contributed by atoms with van der Waals surface area (Å²) in [7, 11) is 1.52. The van der Waals surface area contributed by atoms with Crippen molar-refractivity contribution in [3.8, 4) is 5.75 Å². The summed E-state index contributed by atoms with van der Waals surface area (Å²) < 4.78 is 10.6. The second-order valence-electron chi connectivity index (χ2n) is 5.56. The van der Waals surface area contributed by atoms with Gasteiger partial charge in [0.15, 0.2) is 0 Å². The molecule has 0 aliphatic carbocycles. The Kier molecular flexibility index (Phi) is 5.34. The van der Waals surface area contributed by atoms with Crippen molar-refractivity contribution in [2.24, 2.45) is 0 Å². The first-order chi connectivity index (χ1) is 10.8. The van der Waals surface area contributed by atoms with Gasteiger partial charge >= 0.3 is 0 Å². The Morgan fingerprint density at radius 3 is 2.74 bits per heavy atom. The van der Waals surface area contributed by atoms with Crippen LogP contribution in [-0.4, -0.2) is 24.7 Å². The molecule has 0 bridgehead atoms. The zero-order valence-corrected chi connectivity index (χ0v) is 14.1. The van der Waals surface area contributed by atoms with Crippen LogP contribution in [0.5, 0.6) is 5.75 Å². The molecule has 2 N–H and O–H groups in total. The topological polar surface area (TPSA) is 71.7 Å². The predicted molar refractivity (Wildman–Crippen MR) is 87.7 cm³/mol. The molecule has 1 atom stereocenters. The summed E-state index contributed by atoms with van der Waals surface area (Å²) >= 11 is 6.12. The highest BCUT2D eigenvalue weighted by Gasteiger charge is 2.27. The second kappa shape index (κ2) is 7.06. The van der Waals surface area contributed by atoms with Crippen molar-refractivity contribution in [1.29, 1.82) is 0 Å². The van der Waals surface area contributed by atoms with E-state index in [0.29, 0.717) is 27.9 Å². The summed E-state index contributed by atoms with van der Waals surface area (Å²) in [5.41, 5.74) is -0.670. The summed E-state index contributed by atoms with van der Waals surface area (Å²) in [4.78, 5) is 12.1. The zero-order chi connectivity index (χ0) is 17.0. The summed E-state index contributed by atoms with van der Waals surface area (Å²) in [6.07, 6.45) is 0.0656. The third-order valence-electron chi connectivity index (χ3n) is 3.53. The molecule has 0 saturated carbocycles. The molecule has 0 aliphatic rings. The lowest BCUT2D eigenvalue weighted by molar-refractivity contribution is -0.121. The van der Waals surface area contributed by atoms with E-state index in [2.05, 4.69) is 5.32 Å². The number of furan rings is 1. The number of methoxy groups -OCH3 is 1. The lowest BCUT2D eigenvalue weighted by Gasteiger charge is -2.21. The van der Waals surface area contributed by atoms with E-state index in [1.54, 1.807) is 44.2 Å². The van der Waals surface area contributed by atoms with Crippen LogP contribution in [-0.2, 0) is 16.8 Å². The van der Waals surface area contributed by atoms with Crippen LogP contribution in [0.1, 0.15) is 24.0 Å². The van der Waals surface area contributed by atoms with E-state index in [4.69, 9.17) is 20.8 Å². The standard InChI is InChI=1S/C17H20ClNO4/c1-11-7-8-15(23-11)17(2,21)10-19-16(20)9-12-13(18)5-4-6-14(12)22-3/h4-8,21H,9-10H2,1-3H3,(H,19,20)/t17-/m0/s1. The average molecular weight is 338 g/mol. The van der Waals surface area contributed by atoms with Crippen LogP contribution in [0, 0.1) is 6.92 Å². The van der Waals surface area contributed by atoms with Crippen molar-refractivity contribution in [1.82, 2.24) is 5.32 Å². The number of halogens is 1. The molecule has 2 rings (SSSR count). The van der Waals surface area contributed by atoms with Gasteiger partial charge in [-0.1, -0.05) is 17.7 Å². The number of hydrogen-bond acceptors (Lipinski definition) is 4. The van der Waals surface area contributed by atoms with Gasteiger partial charge in [0.25, 0.3) is 0 Å². The van der Waals surface area contributed by atoms with Gasteiger partial charge in [0.1, 0.15) is 22.9 Å². The van der Waals surface area contributed by atoms with Crippen LogP contribution >= 0.6 is 11.6 Å². The molecular weight excluding hydrogens is 318 g/mol. The lowest BCUT2D eigenvalue weighted by Crippen LogP contribution is -2.39. The number of hydrogen-bond donors (Lipinski definition) is 2. The normalized spacial score (nSPS) is 13.4. The molecule has 5 nitrogen and oxygen atoms in total. The minimum Gasteiger partial charge on any atom is -0.496 e. The van der Waals surface area contributed by atoms with Crippen LogP contribution < -0.4 is 10.1 Å². The summed E-state index contributed by atoms with van der Waals surface area (Å²) in [6, 6.07) is 8.66. The molecular formula is C17H20ClNO4. The minimum absolute atomic E-state index is 0.0333. The Hall–Kier alpha value is -1.98. The molecule has 0 spiro atoms. The van der Waals surface area contributed by atoms with Gasteiger partial charge in [-0.15, -0.1) is 0 Å². The smallest absolute Gasteiger partial charge is 0.224 e. The highest BCUT2D eigenvalue weighted by molar-refractivity contribution is 6.31. The third kappa shape index (κ3) is 4.27. The van der Waals surface area contributed by atoms with Crippen LogP contribution in [0.4, 0.5) is 0 Å². The fourth-order valence-electron chi connectivity index (χ4n) is 2.21. The number of rotatable bonds is 6. The molecule has 0 saturated heterocycles. The SMILES string of the molecule is COc1cccc(Cl)c1CC(=O)NC[C@](C)(O)c1ccc(C)o1. The number of aryl methyl sites for hydroxylation is 1. The van der Waals surface area contributed by atoms with Gasteiger partial charge in [0.2, 0.25) is 5.91 Å². The van der Waals surface area contributed by atoms with Crippen molar-refractivity contribution < 1.29 is 19.1 Å². The van der Waals surface area contributed by atoms with E-state index in [9.17, 15) is 9.90 Å². The highest BCUT2D eigenvalue weighted by Crippen LogP contribution is 2.27. The zero-order valence-electron chi connectivity index (χ0n) is 13.4. The third-order valence-corrected chi connectivity index (χ3v) is 3.89. The number of carbonyl (C=O) groups is 1. The Labute approximate surface area is 140 Å². The van der Waals surface area contributed by atoms with E-state index in [-0.39, 0.29) is 18.9 Å². The monoisotopic (exact) mass is 337 g/mol. The van der Waals surface area contributed by atoms with Crippen LogP contribution in [0.25, 0.3) is 0 Å². The number of ether oxygens (including phenoxy) is 1. The lowest BCUT2D eigenvalue weighted by atomic mass is 10.0. The van der Waals surface area contributed by atoms with Crippen LogP contribution in [0.2, 0.25) is 5.02 Å². The summed E-state index contributed by atoms with van der Waals surface area (Å²) in [5.74, 6) is 1.40. The van der Waals surface area contributed by atoms with Crippen LogP contribution in [0.15, 0.2) is 34.7 Å². The Morgan fingerprint density at radius 1 is 1.39 bits per heavy atom. The maximum atomic E-state index is 12.1. The number of carbonyl (C=O) groups excluding carboxylic acids is 1. The molecule has 1 heterocycles. The largest absolute Gasteiger partial charge is 0.496 e. The van der Waals surface area contributed by atoms with Crippen molar-refractivity contribution in [3.05, 3.63) is 52.4 Å². The number of aliphatic hydroxyl groups is 1. The maximum Gasteiger partial charge on any atom is 0.224 e. The van der Waals surface area contributed by atoms with Gasteiger partial charge in [0.05, 0.1) is 20.1 Å². The van der Waals surface area contributed by atoms with Crippen molar-refractivity contribution in [3.63, 3.8) is 0 Å². The van der Waals surface area contributed by atoms with Gasteiger partial charge in [-0.25, -0.2) is 0 Å². The molecule has 6 heteroatoms. The Morgan fingerprint density at radius 2 is 2.13 bits per heavy atom. The Balaban J connectivity index is 2.01. The van der Waals surface area contributed by atoms with Crippen molar-refractivity contribution in [2.45, 2.75) is 25.9 Å². The minimum atomic E-state index is -1.28. The second-order valence-corrected chi connectivity index (χ2v) is 5.97. The fraction of sp³-hybridized carbons (Fsp3) is 0.353. The molecule has 0 aliphatic heterocycles. The summed E-state index contributed by atoms with van der Waals surface area (Å²) in [5, 5.41) is 13.6. The van der Waals surface area contributed by atoms with Crippen molar-refractivity contribution in [2.75, 3.05) is 13.7 Å². The van der Waals surface area contributed by atoms with E-state index >= 15 is 0 Å². The van der Waals surface area contributed by atoms with Gasteiger partial charge in [-0.3, -0.25) is 4.79 Å². The average Bonchev–Trinajstić information content (AvgIpc) is 2.95. The first-order valence-electron chi connectivity index (χ1n) is 7.21.